The van der Waals surface area contributed by atoms with Crippen LogP contribution in [-0.4, -0.2) is 30.8 Å². The summed E-state index contributed by atoms with van der Waals surface area (Å²) in [5.41, 5.74) is -0.853. The van der Waals surface area contributed by atoms with Crippen molar-refractivity contribution in [3.05, 3.63) is 0 Å². The molecule has 0 amide bonds. The molecule has 1 N–H and O–H groups in total. The van der Waals surface area contributed by atoms with Crippen LogP contribution in [0.15, 0.2) is 0 Å². The van der Waals surface area contributed by atoms with Crippen molar-refractivity contribution in [2.75, 3.05) is 25.1 Å². The van der Waals surface area contributed by atoms with Gasteiger partial charge in [0.25, 0.3) is 0 Å². The van der Waals surface area contributed by atoms with Crippen LogP contribution in [0.25, 0.3) is 0 Å². The third kappa shape index (κ3) is 2.99. The third-order valence-electron chi connectivity index (χ3n) is 2.21. The molecule has 0 aromatic heterocycles. The van der Waals surface area contributed by atoms with E-state index in [-0.39, 0.29) is 0 Å². The topological polar surface area (TPSA) is 12.0 Å². The van der Waals surface area contributed by atoms with E-state index in [0.717, 1.165) is 30.9 Å². The summed E-state index contributed by atoms with van der Waals surface area (Å²) >= 11 is 1.87. The van der Waals surface area contributed by atoms with Gasteiger partial charge < -0.3 is 5.32 Å². The quantitative estimate of drug-likeness (QED) is 0.706. The highest BCUT2D eigenvalue weighted by Gasteiger charge is 2.30. The molecule has 3 heteroatoms. The van der Waals surface area contributed by atoms with Gasteiger partial charge in [0.05, 0.1) is 0 Å². The van der Waals surface area contributed by atoms with E-state index in [1.807, 2.05) is 18.8 Å². The summed E-state index contributed by atoms with van der Waals surface area (Å²) in [5.74, 6) is 2.00. The summed E-state index contributed by atoms with van der Waals surface area (Å²) in [6.07, 6.45) is 2.18. The fraction of sp³-hybridized carbons (Fsp3) is 1.00. The third-order valence-corrected chi connectivity index (χ3v) is 3.20. The summed E-state index contributed by atoms with van der Waals surface area (Å²) in [5, 5.41) is 2.99. The van der Waals surface area contributed by atoms with Crippen LogP contribution < -0.4 is 5.32 Å². The average molecular weight is 177 g/mol. The Morgan fingerprint density at radius 1 is 1.45 bits per heavy atom. The van der Waals surface area contributed by atoms with Crippen LogP contribution in [0.4, 0.5) is 4.39 Å². The van der Waals surface area contributed by atoms with Crippen molar-refractivity contribution in [1.29, 1.82) is 0 Å². The Kier molecular flexibility index (Phi) is 3.66. The van der Waals surface area contributed by atoms with Crippen molar-refractivity contribution >= 4 is 11.8 Å². The Balaban J connectivity index is 2.25. The Morgan fingerprint density at radius 3 is 2.64 bits per heavy atom. The van der Waals surface area contributed by atoms with Crippen molar-refractivity contribution in [3.63, 3.8) is 0 Å². The predicted octanol–water partition coefficient (Wildman–Crippen LogP) is 1.83. The van der Waals surface area contributed by atoms with Crippen LogP contribution >= 0.6 is 11.8 Å². The Hall–Kier alpha value is 0.240. The summed E-state index contributed by atoms with van der Waals surface area (Å²) in [6, 6.07) is 0. The maximum absolute atomic E-state index is 13.7. The van der Waals surface area contributed by atoms with E-state index >= 15 is 0 Å². The van der Waals surface area contributed by atoms with E-state index < -0.39 is 5.67 Å². The average Bonchev–Trinajstić information content (AvgIpc) is 2.03. The van der Waals surface area contributed by atoms with Gasteiger partial charge in [-0.3, -0.25) is 0 Å². The number of hydrogen-bond acceptors (Lipinski definition) is 2. The van der Waals surface area contributed by atoms with Crippen LogP contribution in [-0.2, 0) is 0 Å². The van der Waals surface area contributed by atoms with E-state index in [4.69, 9.17) is 0 Å². The smallest absolute Gasteiger partial charge is 0.113 e. The zero-order valence-corrected chi connectivity index (χ0v) is 7.85. The van der Waals surface area contributed by atoms with Crippen LogP contribution in [0.1, 0.15) is 19.3 Å². The van der Waals surface area contributed by atoms with Gasteiger partial charge in [0.15, 0.2) is 0 Å². The zero-order valence-electron chi connectivity index (χ0n) is 7.03. The molecule has 1 aliphatic rings. The molecule has 0 aromatic rings. The Morgan fingerprint density at radius 2 is 2.09 bits per heavy atom. The highest BCUT2D eigenvalue weighted by molar-refractivity contribution is 7.99. The van der Waals surface area contributed by atoms with Crippen molar-refractivity contribution in [2.24, 2.45) is 0 Å². The van der Waals surface area contributed by atoms with E-state index in [1.165, 1.54) is 0 Å². The highest BCUT2D eigenvalue weighted by Crippen LogP contribution is 2.32. The SMILES string of the molecule is CNCCC1(F)CCSCC1. The van der Waals surface area contributed by atoms with Gasteiger partial charge in [-0.15, -0.1) is 0 Å². The van der Waals surface area contributed by atoms with E-state index in [0.29, 0.717) is 6.42 Å². The maximum atomic E-state index is 13.7. The Bertz CT molecular complexity index is 113. The predicted molar refractivity (Wildman–Crippen MR) is 48.9 cm³/mol. The molecule has 0 atom stereocenters. The fourth-order valence-electron chi connectivity index (χ4n) is 1.34. The molecule has 1 nitrogen and oxygen atoms in total. The number of alkyl halides is 1. The minimum absolute atomic E-state index is 0.685. The Labute approximate surface area is 72.1 Å². The van der Waals surface area contributed by atoms with Gasteiger partial charge >= 0.3 is 0 Å². The lowest BCUT2D eigenvalue weighted by molar-refractivity contribution is 0.138. The minimum atomic E-state index is -0.853. The minimum Gasteiger partial charge on any atom is -0.320 e. The molecular formula is C8H16FNS. The van der Waals surface area contributed by atoms with E-state index in [2.05, 4.69) is 5.32 Å². The standard InChI is InChI=1S/C8H16FNS/c1-10-5-2-8(9)3-6-11-7-4-8/h10H,2-7H2,1H3. The second-order valence-corrected chi connectivity index (χ2v) is 4.34. The van der Waals surface area contributed by atoms with Gasteiger partial charge in [0.1, 0.15) is 5.67 Å². The molecule has 0 spiro atoms. The first-order valence-electron chi connectivity index (χ1n) is 4.18. The first-order chi connectivity index (χ1) is 5.27. The second-order valence-electron chi connectivity index (χ2n) is 3.12. The molecule has 0 unspecified atom stereocenters. The molecule has 1 heterocycles. The van der Waals surface area contributed by atoms with Gasteiger partial charge in [-0.05, 0) is 44.4 Å². The molecule has 1 fully saturated rings. The van der Waals surface area contributed by atoms with Gasteiger partial charge in [0, 0.05) is 0 Å². The monoisotopic (exact) mass is 177 g/mol. The van der Waals surface area contributed by atoms with Crippen LogP contribution in [0.5, 0.6) is 0 Å². The van der Waals surface area contributed by atoms with Gasteiger partial charge in [-0.1, -0.05) is 0 Å². The van der Waals surface area contributed by atoms with Crippen LogP contribution in [0, 0.1) is 0 Å². The number of hydrogen-bond donors (Lipinski definition) is 1. The zero-order chi connectivity index (χ0) is 8.16. The fourth-order valence-corrected chi connectivity index (χ4v) is 2.56. The lowest BCUT2D eigenvalue weighted by atomic mass is 9.95. The second kappa shape index (κ2) is 4.31. The summed E-state index contributed by atoms with van der Waals surface area (Å²) < 4.78 is 13.7. The normalized spacial score (nSPS) is 23.5. The van der Waals surface area contributed by atoms with Crippen molar-refractivity contribution in [2.45, 2.75) is 24.9 Å². The summed E-state index contributed by atoms with van der Waals surface area (Å²) in [7, 11) is 1.88. The number of nitrogens with one attached hydrogen (secondary N) is 1. The summed E-state index contributed by atoms with van der Waals surface area (Å²) in [4.78, 5) is 0. The molecule has 1 saturated heterocycles. The molecule has 1 rings (SSSR count). The van der Waals surface area contributed by atoms with Crippen molar-refractivity contribution in [3.8, 4) is 0 Å². The van der Waals surface area contributed by atoms with Crippen molar-refractivity contribution in [1.82, 2.24) is 5.32 Å². The van der Waals surface area contributed by atoms with Gasteiger partial charge in [-0.25, -0.2) is 4.39 Å². The molecular weight excluding hydrogens is 161 g/mol. The first kappa shape index (κ1) is 9.33. The summed E-state index contributed by atoms with van der Waals surface area (Å²) in [6.45, 7) is 0.807. The molecule has 1 aliphatic heterocycles. The number of thioether (sulfide) groups is 1. The highest BCUT2D eigenvalue weighted by atomic mass is 32.2. The molecule has 0 radical (unpaired) electrons. The lowest BCUT2D eigenvalue weighted by Gasteiger charge is -2.28. The lowest BCUT2D eigenvalue weighted by Crippen LogP contribution is -2.31. The van der Waals surface area contributed by atoms with Crippen LogP contribution in [0.2, 0.25) is 0 Å². The van der Waals surface area contributed by atoms with E-state index in [9.17, 15) is 4.39 Å². The molecule has 0 aromatic carbocycles. The molecule has 0 bridgehead atoms. The molecule has 0 saturated carbocycles. The van der Waals surface area contributed by atoms with Crippen molar-refractivity contribution < 1.29 is 4.39 Å². The maximum Gasteiger partial charge on any atom is 0.113 e. The molecule has 0 aliphatic carbocycles. The first-order valence-corrected chi connectivity index (χ1v) is 5.34. The largest absolute Gasteiger partial charge is 0.320 e. The van der Waals surface area contributed by atoms with E-state index in [1.54, 1.807) is 0 Å². The number of rotatable bonds is 3. The van der Waals surface area contributed by atoms with Crippen LogP contribution in [0.3, 0.4) is 0 Å². The number of halogens is 1. The van der Waals surface area contributed by atoms with Gasteiger partial charge in [-0.2, -0.15) is 11.8 Å². The van der Waals surface area contributed by atoms with Gasteiger partial charge in [0.2, 0.25) is 0 Å². The molecule has 11 heavy (non-hydrogen) atoms. The molecule has 66 valence electrons.